The Bertz CT molecular complexity index is 533. The van der Waals surface area contributed by atoms with Crippen LogP contribution in [0.15, 0.2) is 0 Å². The van der Waals surface area contributed by atoms with Crippen LogP contribution in [0.25, 0.3) is 0 Å². The van der Waals surface area contributed by atoms with Gasteiger partial charge in [-0.05, 0) is 116 Å². The van der Waals surface area contributed by atoms with Gasteiger partial charge in [0.2, 0.25) is 0 Å². The second-order valence-corrected chi connectivity index (χ2v) is 12.9. The van der Waals surface area contributed by atoms with Crippen molar-refractivity contribution < 1.29 is 5.11 Å². The fourth-order valence-corrected chi connectivity index (χ4v) is 8.70. The SMILES string of the molecule is CC(C)(C)CCC[C@H]1CC[C@H]2[C@@H]3CC[C@H]4C[C@@H](O)CC[C@]4(C)[C@H]3CC[C@]12C. The van der Waals surface area contributed by atoms with E-state index in [4.69, 9.17) is 0 Å². The fourth-order valence-electron chi connectivity index (χ4n) is 8.70. The summed E-state index contributed by atoms with van der Waals surface area (Å²) in [4.78, 5) is 0. The second kappa shape index (κ2) is 7.03. The molecule has 4 aliphatic carbocycles. The first-order chi connectivity index (χ1) is 12.6. The monoisotopic (exact) mass is 374 g/mol. The first kappa shape index (κ1) is 20.2. The van der Waals surface area contributed by atoms with Crippen molar-refractivity contribution in [2.75, 3.05) is 0 Å². The van der Waals surface area contributed by atoms with Crippen LogP contribution in [-0.2, 0) is 0 Å². The molecule has 1 nitrogen and oxygen atoms in total. The molecule has 1 N–H and O–H groups in total. The van der Waals surface area contributed by atoms with Crippen LogP contribution in [0.1, 0.15) is 112 Å². The van der Waals surface area contributed by atoms with Crippen molar-refractivity contribution in [3.63, 3.8) is 0 Å². The number of hydrogen-bond donors (Lipinski definition) is 1. The van der Waals surface area contributed by atoms with E-state index in [2.05, 4.69) is 34.6 Å². The Morgan fingerprint density at radius 1 is 0.852 bits per heavy atom. The topological polar surface area (TPSA) is 20.2 Å². The summed E-state index contributed by atoms with van der Waals surface area (Å²) in [5.41, 5.74) is 1.67. The summed E-state index contributed by atoms with van der Waals surface area (Å²) in [7, 11) is 0. The molecule has 4 aliphatic rings. The molecule has 0 bridgehead atoms. The largest absolute Gasteiger partial charge is 0.393 e. The van der Waals surface area contributed by atoms with Gasteiger partial charge in [0.15, 0.2) is 0 Å². The maximum atomic E-state index is 10.2. The molecule has 0 aromatic carbocycles. The van der Waals surface area contributed by atoms with Crippen molar-refractivity contribution in [1.29, 1.82) is 0 Å². The molecule has 0 spiro atoms. The van der Waals surface area contributed by atoms with Crippen LogP contribution in [0.5, 0.6) is 0 Å². The van der Waals surface area contributed by atoms with E-state index >= 15 is 0 Å². The van der Waals surface area contributed by atoms with Crippen LogP contribution in [0, 0.1) is 45.8 Å². The fraction of sp³-hybridized carbons (Fsp3) is 1.00. The summed E-state index contributed by atoms with van der Waals surface area (Å²) in [5, 5.41) is 10.2. The molecule has 156 valence electrons. The van der Waals surface area contributed by atoms with Crippen LogP contribution in [0.3, 0.4) is 0 Å². The maximum absolute atomic E-state index is 10.2. The highest BCUT2D eigenvalue weighted by Crippen LogP contribution is 2.67. The van der Waals surface area contributed by atoms with Gasteiger partial charge in [-0.1, -0.05) is 41.0 Å². The number of fused-ring (bicyclic) bond motifs is 5. The van der Waals surface area contributed by atoms with Gasteiger partial charge in [-0.15, -0.1) is 0 Å². The molecule has 0 radical (unpaired) electrons. The Labute approximate surface area is 169 Å². The highest BCUT2D eigenvalue weighted by molar-refractivity contribution is 5.09. The lowest BCUT2D eigenvalue weighted by atomic mass is 9.44. The highest BCUT2D eigenvalue weighted by atomic mass is 16.3. The van der Waals surface area contributed by atoms with Gasteiger partial charge in [-0.2, -0.15) is 0 Å². The quantitative estimate of drug-likeness (QED) is 0.552. The van der Waals surface area contributed by atoms with E-state index in [1.165, 1.54) is 64.2 Å². The first-order valence-corrected chi connectivity index (χ1v) is 12.3. The normalized spacial score (nSPS) is 50.0. The molecule has 0 unspecified atom stereocenters. The molecule has 0 aromatic heterocycles. The number of aliphatic hydroxyl groups is 1. The van der Waals surface area contributed by atoms with Gasteiger partial charge in [0.1, 0.15) is 0 Å². The van der Waals surface area contributed by atoms with Gasteiger partial charge < -0.3 is 5.11 Å². The molecule has 4 saturated carbocycles. The molecule has 4 fully saturated rings. The molecular formula is C26H46O. The van der Waals surface area contributed by atoms with Crippen LogP contribution in [-0.4, -0.2) is 11.2 Å². The number of hydrogen-bond acceptors (Lipinski definition) is 1. The van der Waals surface area contributed by atoms with E-state index in [0.29, 0.717) is 16.2 Å². The average molecular weight is 375 g/mol. The molecule has 27 heavy (non-hydrogen) atoms. The van der Waals surface area contributed by atoms with E-state index < -0.39 is 0 Å². The zero-order valence-electron chi connectivity index (χ0n) is 18.9. The van der Waals surface area contributed by atoms with E-state index in [1.54, 1.807) is 0 Å². The zero-order chi connectivity index (χ0) is 19.4. The van der Waals surface area contributed by atoms with Gasteiger partial charge >= 0.3 is 0 Å². The average Bonchev–Trinajstić information content (AvgIpc) is 2.91. The molecule has 8 atom stereocenters. The Morgan fingerprint density at radius 3 is 2.30 bits per heavy atom. The summed E-state index contributed by atoms with van der Waals surface area (Å²) < 4.78 is 0. The van der Waals surface area contributed by atoms with E-state index in [9.17, 15) is 5.11 Å². The second-order valence-electron chi connectivity index (χ2n) is 12.9. The third kappa shape index (κ3) is 3.53. The van der Waals surface area contributed by atoms with Crippen LogP contribution in [0.4, 0.5) is 0 Å². The molecule has 0 amide bonds. The van der Waals surface area contributed by atoms with Crippen molar-refractivity contribution in [2.45, 2.75) is 118 Å². The summed E-state index contributed by atoms with van der Waals surface area (Å²) in [5.74, 6) is 4.74. The van der Waals surface area contributed by atoms with Crippen molar-refractivity contribution in [1.82, 2.24) is 0 Å². The van der Waals surface area contributed by atoms with Crippen LogP contribution < -0.4 is 0 Å². The number of rotatable bonds is 3. The lowest BCUT2D eigenvalue weighted by molar-refractivity contribution is -0.127. The minimum absolute atomic E-state index is 0.00726. The lowest BCUT2D eigenvalue weighted by Gasteiger charge is -2.61. The van der Waals surface area contributed by atoms with Crippen molar-refractivity contribution in [3.8, 4) is 0 Å². The van der Waals surface area contributed by atoms with Crippen molar-refractivity contribution in [3.05, 3.63) is 0 Å². The molecular weight excluding hydrogens is 328 g/mol. The molecule has 0 saturated heterocycles. The Kier molecular flexibility index (Phi) is 5.27. The summed E-state index contributed by atoms with van der Waals surface area (Å²) in [6.07, 6.45) is 16.6. The summed E-state index contributed by atoms with van der Waals surface area (Å²) in [6, 6.07) is 0. The van der Waals surface area contributed by atoms with E-state index in [0.717, 1.165) is 42.4 Å². The Morgan fingerprint density at radius 2 is 1.56 bits per heavy atom. The number of aliphatic hydroxyl groups excluding tert-OH is 1. The lowest BCUT2D eigenvalue weighted by Crippen LogP contribution is -2.53. The third-order valence-electron chi connectivity index (χ3n) is 10.3. The summed E-state index contributed by atoms with van der Waals surface area (Å²) >= 11 is 0. The Balaban J connectivity index is 1.46. The minimum Gasteiger partial charge on any atom is -0.393 e. The molecule has 0 aliphatic heterocycles. The van der Waals surface area contributed by atoms with Crippen LogP contribution in [0.2, 0.25) is 0 Å². The predicted molar refractivity (Wildman–Crippen MR) is 115 cm³/mol. The first-order valence-electron chi connectivity index (χ1n) is 12.3. The highest BCUT2D eigenvalue weighted by Gasteiger charge is 2.59. The van der Waals surface area contributed by atoms with Gasteiger partial charge in [-0.25, -0.2) is 0 Å². The molecule has 1 heteroatoms. The van der Waals surface area contributed by atoms with Crippen molar-refractivity contribution in [2.24, 2.45) is 45.8 Å². The predicted octanol–water partition coefficient (Wildman–Crippen LogP) is 7.22. The Hall–Kier alpha value is -0.0400. The third-order valence-corrected chi connectivity index (χ3v) is 10.3. The van der Waals surface area contributed by atoms with Crippen molar-refractivity contribution >= 4 is 0 Å². The minimum atomic E-state index is -0.00726. The zero-order valence-corrected chi connectivity index (χ0v) is 18.9. The van der Waals surface area contributed by atoms with Gasteiger partial charge in [0.25, 0.3) is 0 Å². The van der Waals surface area contributed by atoms with E-state index in [1.807, 2.05) is 0 Å². The molecule has 4 rings (SSSR count). The maximum Gasteiger partial charge on any atom is 0.0543 e. The van der Waals surface area contributed by atoms with Gasteiger partial charge in [0, 0.05) is 0 Å². The standard InChI is InChI=1S/C26H46O/c1-24(2,3)14-6-7-18-9-11-22-21-10-8-19-17-20(27)12-15-26(19,5)23(21)13-16-25(18,22)4/h18-23,27H,6-17H2,1-5H3/t18-,19-,20-,21-,22-,23-,25+,26-/m0/s1. The smallest absolute Gasteiger partial charge is 0.0543 e. The molecule has 0 heterocycles. The van der Waals surface area contributed by atoms with Crippen LogP contribution >= 0.6 is 0 Å². The summed E-state index contributed by atoms with van der Waals surface area (Å²) in [6.45, 7) is 12.5. The van der Waals surface area contributed by atoms with E-state index in [-0.39, 0.29) is 6.10 Å². The van der Waals surface area contributed by atoms with Gasteiger partial charge in [0.05, 0.1) is 6.10 Å². The molecule has 0 aromatic rings. The van der Waals surface area contributed by atoms with Gasteiger partial charge in [-0.3, -0.25) is 0 Å².